The largest absolute Gasteiger partial charge is 0.352 e. The second-order valence-corrected chi connectivity index (χ2v) is 12.8. The Morgan fingerprint density at radius 2 is 1.56 bits per heavy atom. The van der Waals surface area contributed by atoms with Gasteiger partial charge < -0.3 is 10.2 Å². The molecule has 0 aliphatic heterocycles. The summed E-state index contributed by atoms with van der Waals surface area (Å²) >= 11 is 0. The lowest BCUT2D eigenvalue weighted by Crippen LogP contribution is -2.53. The van der Waals surface area contributed by atoms with Gasteiger partial charge in [0.15, 0.2) is 0 Å². The van der Waals surface area contributed by atoms with Gasteiger partial charge in [0.2, 0.25) is 11.8 Å². The maximum Gasteiger partial charge on any atom is 0.264 e. The third-order valence-corrected chi connectivity index (χ3v) is 9.71. The lowest BCUT2D eigenvalue weighted by atomic mass is 10.1. The van der Waals surface area contributed by atoms with Crippen molar-refractivity contribution in [2.45, 2.75) is 83.3 Å². The van der Waals surface area contributed by atoms with Crippen LogP contribution in [0.4, 0.5) is 5.69 Å². The minimum absolute atomic E-state index is 0.102. The van der Waals surface area contributed by atoms with E-state index in [0.29, 0.717) is 12.1 Å². The first kappa shape index (κ1) is 30.3. The van der Waals surface area contributed by atoms with Crippen molar-refractivity contribution in [3.63, 3.8) is 0 Å². The number of benzene rings is 3. The molecule has 0 aromatic heterocycles. The van der Waals surface area contributed by atoms with Crippen LogP contribution >= 0.6 is 0 Å². The molecule has 0 bridgehead atoms. The third kappa shape index (κ3) is 7.17. The Morgan fingerprint density at radius 1 is 0.902 bits per heavy atom. The van der Waals surface area contributed by atoms with E-state index < -0.39 is 28.5 Å². The van der Waals surface area contributed by atoms with Crippen molar-refractivity contribution in [3.8, 4) is 0 Å². The Hall–Kier alpha value is -3.65. The molecule has 0 heterocycles. The lowest BCUT2D eigenvalue weighted by Gasteiger charge is -2.34. The van der Waals surface area contributed by atoms with Crippen LogP contribution < -0.4 is 9.62 Å². The van der Waals surface area contributed by atoms with Crippen LogP contribution in [0.1, 0.15) is 61.3 Å². The normalized spacial score (nSPS) is 14.4. The number of carbonyl (C=O) groups is 2. The first-order valence-electron chi connectivity index (χ1n) is 14.4. The molecule has 2 amide bonds. The van der Waals surface area contributed by atoms with Crippen LogP contribution in [0, 0.1) is 20.8 Å². The van der Waals surface area contributed by atoms with Gasteiger partial charge in [-0.15, -0.1) is 0 Å². The zero-order valence-electron chi connectivity index (χ0n) is 24.5. The van der Waals surface area contributed by atoms with Gasteiger partial charge in [-0.3, -0.25) is 13.9 Å². The lowest BCUT2D eigenvalue weighted by molar-refractivity contribution is -0.140. The van der Waals surface area contributed by atoms with E-state index in [2.05, 4.69) is 5.32 Å². The summed E-state index contributed by atoms with van der Waals surface area (Å²) in [6, 6.07) is 20.9. The van der Waals surface area contributed by atoms with Crippen molar-refractivity contribution in [3.05, 3.63) is 95.1 Å². The smallest absolute Gasteiger partial charge is 0.264 e. The summed E-state index contributed by atoms with van der Waals surface area (Å²) in [6.07, 6.45) is 4.43. The van der Waals surface area contributed by atoms with E-state index >= 15 is 0 Å². The molecule has 0 spiro atoms. The summed E-state index contributed by atoms with van der Waals surface area (Å²) < 4.78 is 29.3. The second kappa shape index (κ2) is 13.3. The van der Waals surface area contributed by atoms with Crippen LogP contribution in [0.25, 0.3) is 0 Å². The Bertz CT molecular complexity index is 1470. The summed E-state index contributed by atoms with van der Waals surface area (Å²) in [5.41, 5.74) is 3.98. The fourth-order valence-corrected chi connectivity index (χ4v) is 6.97. The Morgan fingerprint density at radius 3 is 2.22 bits per heavy atom. The summed E-state index contributed by atoms with van der Waals surface area (Å²) in [5, 5.41) is 3.16. The standard InChI is InChI=1S/C33H41N3O4S/c1-5-30(33(38)34-28-15-11-12-16-28)35(22-27-14-10-9-13-25(27)3)32(37)23-36(31-21-24(2)19-20-26(31)4)41(39,40)29-17-7-6-8-18-29/h6-10,13-14,17-21,28,30H,5,11-12,15-16,22-23H2,1-4H3,(H,34,38)/t30-/m0/s1. The third-order valence-electron chi connectivity index (χ3n) is 7.93. The molecular formula is C33H41N3O4S. The molecule has 0 unspecified atom stereocenters. The van der Waals surface area contributed by atoms with Crippen molar-refractivity contribution >= 4 is 27.5 Å². The predicted molar refractivity (Wildman–Crippen MR) is 163 cm³/mol. The number of sulfonamides is 1. The molecule has 1 N–H and O–H groups in total. The molecule has 3 aromatic carbocycles. The number of hydrogen-bond donors (Lipinski definition) is 1. The average molecular weight is 576 g/mol. The summed E-state index contributed by atoms with van der Waals surface area (Å²) in [7, 11) is -4.09. The predicted octanol–water partition coefficient (Wildman–Crippen LogP) is 5.67. The number of carbonyl (C=O) groups excluding carboxylic acids is 2. The van der Waals surface area contributed by atoms with E-state index in [1.165, 1.54) is 16.4 Å². The fraction of sp³-hybridized carbons (Fsp3) is 0.394. The molecule has 0 saturated heterocycles. The van der Waals surface area contributed by atoms with Crippen LogP contribution in [0.5, 0.6) is 0 Å². The molecule has 1 atom stereocenters. The van der Waals surface area contributed by atoms with Gasteiger partial charge in [-0.25, -0.2) is 8.42 Å². The first-order chi connectivity index (χ1) is 19.6. The van der Waals surface area contributed by atoms with Crippen molar-refractivity contribution in [2.24, 2.45) is 0 Å². The van der Waals surface area contributed by atoms with Gasteiger partial charge in [-0.2, -0.15) is 0 Å². The molecule has 8 heteroatoms. The van der Waals surface area contributed by atoms with Crippen molar-refractivity contribution in [2.75, 3.05) is 10.8 Å². The molecule has 1 aliphatic carbocycles. The van der Waals surface area contributed by atoms with Gasteiger partial charge in [0.25, 0.3) is 10.0 Å². The van der Waals surface area contributed by atoms with Crippen LogP contribution in [0.15, 0.2) is 77.7 Å². The number of nitrogens with one attached hydrogen (secondary N) is 1. The van der Waals surface area contributed by atoms with Gasteiger partial charge in [0, 0.05) is 12.6 Å². The van der Waals surface area contributed by atoms with Crippen LogP contribution in [0.2, 0.25) is 0 Å². The van der Waals surface area contributed by atoms with Crippen molar-refractivity contribution in [1.82, 2.24) is 10.2 Å². The van der Waals surface area contributed by atoms with E-state index in [-0.39, 0.29) is 23.4 Å². The minimum Gasteiger partial charge on any atom is -0.352 e. The number of aryl methyl sites for hydroxylation is 3. The highest BCUT2D eigenvalue weighted by atomic mass is 32.2. The second-order valence-electron chi connectivity index (χ2n) is 11.0. The van der Waals surface area contributed by atoms with Crippen LogP contribution in [-0.2, 0) is 26.2 Å². The molecule has 1 saturated carbocycles. The maximum atomic E-state index is 14.3. The summed E-state index contributed by atoms with van der Waals surface area (Å²) in [6.45, 7) is 7.36. The highest BCUT2D eigenvalue weighted by Crippen LogP contribution is 2.29. The monoisotopic (exact) mass is 575 g/mol. The minimum atomic E-state index is -4.09. The molecule has 41 heavy (non-hydrogen) atoms. The molecule has 1 fully saturated rings. The van der Waals surface area contributed by atoms with Gasteiger partial charge in [0.1, 0.15) is 12.6 Å². The van der Waals surface area contributed by atoms with E-state index in [0.717, 1.165) is 47.9 Å². The molecular weight excluding hydrogens is 534 g/mol. The van der Waals surface area contributed by atoms with E-state index in [9.17, 15) is 18.0 Å². The van der Waals surface area contributed by atoms with Crippen LogP contribution in [-0.4, -0.2) is 43.8 Å². The zero-order valence-corrected chi connectivity index (χ0v) is 25.3. The Kier molecular flexibility index (Phi) is 9.86. The first-order valence-corrected chi connectivity index (χ1v) is 15.8. The summed E-state index contributed by atoms with van der Waals surface area (Å²) in [5.74, 6) is -0.618. The topological polar surface area (TPSA) is 86.8 Å². The van der Waals surface area contributed by atoms with Crippen molar-refractivity contribution in [1.29, 1.82) is 0 Å². The SMILES string of the molecule is CC[C@@H](C(=O)NC1CCCC1)N(Cc1ccccc1C)C(=O)CN(c1cc(C)ccc1C)S(=O)(=O)c1ccccc1. The van der Waals surface area contributed by atoms with Gasteiger partial charge in [-0.1, -0.05) is 74.4 Å². The fourth-order valence-electron chi connectivity index (χ4n) is 5.48. The van der Waals surface area contributed by atoms with Crippen molar-refractivity contribution < 1.29 is 18.0 Å². The average Bonchev–Trinajstić information content (AvgIpc) is 3.47. The molecule has 4 rings (SSSR count). The number of rotatable bonds is 11. The number of anilines is 1. The molecule has 3 aromatic rings. The van der Waals surface area contributed by atoms with E-state index in [1.807, 2.05) is 64.1 Å². The molecule has 7 nitrogen and oxygen atoms in total. The highest BCUT2D eigenvalue weighted by Gasteiger charge is 2.35. The van der Waals surface area contributed by atoms with E-state index in [1.54, 1.807) is 29.2 Å². The molecule has 218 valence electrons. The Labute approximate surface area is 244 Å². The Balaban J connectivity index is 1.75. The number of nitrogens with zero attached hydrogens (tertiary/aromatic N) is 2. The quantitative estimate of drug-likeness (QED) is 0.319. The summed E-state index contributed by atoms with van der Waals surface area (Å²) in [4.78, 5) is 29.5. The highest BCUT2D eigenvalue weighted by molar-refractivity contribution is 7.92. The zero-order chi connectivity index (χ0) is 29.6. The molecule has 0 radical (unpaired) electrons. The maximum absolute atomic E-state index is 14.3. The van der Waals surface area contributed by atoms with Gasteiger partial charge >= 0.3 is 0 Å². The van der Waals surface area contributed by atoms with Crippen LogP contribution in [0.3, 0.4) is 0 Å². The van der Waals surface area contributed by atoms with E-state index in [4.69, 9.17) is 0 Å². The molecule has 1 aliphatic rings. The van der Waals surface area contributed by atoms with Gasteiger partial charge in [0.05, 0.1) is 10.6 Å². The van der Waals surface area contributed by atoms with Gasteiger partial charge in [-0.05, 0) is 80.5 Å². The number of amides is 2. The number of hydrogen-bond acceptors (Lipinski definition) is 4.